The van der Waals surface area contributed by atoms with Crippen LogP contribution >= 0.6 is 11.3 Å². The van der Waals surface area contributed by atoms with Gasteiger partial charge in [0.25, 0.3) is 11.5 Å². The Kier molecular flexibility index (Phi) is 7.52. The Bertz CT molecular complexity index is 2040. The Morgan fingerprint density at radius 3 is 2.51 bits per heavy atom. The Hall–Kier alpha value is -5.22. The van der Waals surface area contributed by atoms with Crippen molar-refractivity contribution in [1.82, 2.24) is 4.57 Å². The maximum atomic E-state index is 14.1. The molecule has 0 spiro atoms. The number of hydrogen-bond donors (Lipinski definition) is 1. The molecule has 5 aromatic rings. The van der Waals surface area contributed by atoms with E-state index in [9.17, 15) is 14.0 Å². The van der Waals surface area contributed by atoms with E-state index in [2.05, 4.69) is 10.3 Å². The third-order valence-corrected chi connectivity index (χ3v) is 8.05. The Morgan fingerprint density at radius 1 is 1.02 bits per heavy atom. The first-order valence-corrected chi connectivity index (χ1v) is 14.1. The van der Waals surface area contributed by atoms with Crippen LogP contribution < -0.4 is 29.7 Å². The molecule has 1 aliphatic heterocycles. The third-order valence-electron chi connectivity index (χ3n) is 7.06. The SMILES string of the molecule is COc1ccc([C@H]2C(C(=O)Nc3ccccc3)=C(C)N=c3s/c(=C\c4ccc(-c5ccc(F)cc5)o4)c(=O)n32)c(OC)c1. The lowest BCUT2D eigenvalue weighted by Gasteiger charge is -2.26. The molecule has 0 fully saturated rings. The van der Waals surface area contributed by atoms with Crippen molar-refractivity contribution in [2.45, 2.75) is 13.0 Å². The van der Waals surface area contributed by atoms with Gasteiger partial charge in [-0.05, 0) is 67.6 Å². The van der Waals surface area contributed by atoms with Gasteiger partial charge in [0, 0.05) is 29.0 Å². The van der Waals surface area contributed by atoms with Crippen LogP contribution in [-0.2, 0) is 4.79 Å². The molecule has 1 atom stereocenters. The van der Waals surface area contributed by atoms with Crippen molar-refractivity contribution < 1.29 is 23.1 Å². The zero-order valence-electron chi connectivity index (χ0n) is 23.5. The summed E-state index contributed by atoms with van der Waals surface area (Å²) in [5.74, 6) is 1.27. The number of benzene rings is 3. The van der Waals surface area contributed by atoms with Crippen molar-refractivity contribution in [2.24, 2.45) is 4.99 Å². The fourth-order valence-electron chi connectivity index (χ4n) is 5.00. The molecule has 0 saturated carbocycles. The van der Waals surface area contributed by atoms with E-state index in [1.165, 1.54) is 35.1 Å². The molecule has 1 N–H and O–H groups in total. The summed E-state index contributed by atoms with van der Waals surface area (Å²) in [6.07, 6.45) is 1.64. The minimum Gasteiger partial charge on any atom is -0.497 e. The molecule has 1 amide bonds. The predicted molar refractivity (Wildman–Crippen MR) is 162 cm³/mol. The van der Waals surface area contributed by atoms with Gasteiger partial charge >= 0.3 is 0 Å². The molecule has 3 heterocycles. The molecule has 0 saturated heterocycles. The lowest BCUT2D eigenvalue weighted by atomic mass is 9.94. The summed E-state index contributed by atoms with van der Waals surface area (Å²) in [5, 5.41) is 2.94. The number of para-hydroxylation sites is 1. The van der Waals surface area contributed by atoms with Gasteiger partial charge in [0.2, 0.25) is 0 Å². The third kappa shape index (κ3) is 5.40. The zero-order valence-corrected chi connectivity index (χ0v) is 24.3. The van der Waals surface area contributed by atoms with E-state index in [1.807, 2.05) is 18.2 Å². The van der Waals surface area contributed by atoms with Gasteiger partial charge in [0.15, 0.2) is 4.80 Å². The molecule has 216 valence electrons. The van der Waals surface area contributed by atoms with Crippen molar-refractivity contribution in [3.8, 4) is 22.8 Å². The van der Waals surface area contributed by atoms with E-state index in [-0.39, 0.29) is 17.3 Å². The van der Waals surface area contributed by atoms with Crippen molar-refractivity contribution in [1.29, 1.82) is 0 Å². The topological polar surface area (TPSA) is 95.1 Å². The molecule has 6 rings (SSSR count). The first-order chi connectivity index (χ1) is 20.9. The number of ether oxygens (including phenoxy) is 2. The van der Waals surface area contributed by atoms with Gasteiger partial charge in [-0.25, -0.2) is 9.38 Å². The number of furan rings is 1. The van der Waals surface area contributed by atoms with Gasteiger partial charge in [-0.15, -0.1) is 0 Å². The van der Waals surface area contributed by atoms with Gasteiger partial charge in [-0.3, -0.25) is 14.2 Å². The van der Waals surface area contributed by atoms with Gasteiger partial charge in [0.1, 0.15) is 34.9 Å². The van der Waals surface area contributed by atoms with Gasteiger partial charge in [-0.2, -0.15) is 0 Å². The molecular formula is C33H26FN3O5S. The van der Waals surface area contributed by atoms with Crippen LogP contribution in [0.5, 0.6) is 11.5 Å². The number of methoxy groups -OCH3 is 2. The van der Waals surface area contributed by atoms with E-state index in [1.54, 1.807) is 74.7 Å². The lowest BCUT2D eigenvalue weighted by Crippen LogP contribution is -2.40. The van der Waals surface area contributed by atoms with Crippen molar-refractivity contribution in [3.63, 3.8) is 0 Å². The monoisotopic (exact) mass is 595 g/mol. The Morgan fingerprint density at radius 2 is 1.79 bits per heavy atom. The van der Waals surface area contributed by atoms with E-state index in [4.69, 9.17) is 13.9 Å². The van der Waals surface area contributed by atoms with Crippen LogP contribution in [0.1, 0.15) is 24.3 Å². The van der Waals surface area contributed by atoms with E-state index < -0.39 is 6.04 Å². The lowest BCUT2D eigenvalue weighted by molar-refractivity contribution is -0.113. The fourth-order valence-corrected chi connectivity index (χ4v) is 6.03. The highest BCUT2D eigenvalue weighted by atomic mass is 32.1. The minimum absolute atomic E-state index is 0.308. The molecule has 1 aliphatic rings. The predicted octanol–water partition coefficient (Wildman–Crippen LogP) is 5.29. The summed E-state index contributed by atoms with van der Waals surface area (Å²) in [6, 6.07) is 23.0. The summed E-state index contributed by atoms with van der Waals surface area (Å²) in [5.41, 5.74) is 2.35. The second kappa shape index (κ2) is 11.6. The number of carbonyl (C=O) groups is 1. The maximum absolute atomic E-state index is 14.1. The highest BCUT2D eigenvalue weighted by molar-refractivity contribution is 7.07. The van der Waals surface area contributed by atoms with E-state index in [0.717, 1.165) is 0 Å². The first-order valence-electron chi connectivity index (χ1n) is 13.3. The number of thiazole rings is 1. The molecule has 3 aromatic carbocycles. The number of nitrogens with zero attached hydrogens (tertiary/aromatic N) is 2. The molecule has 10 heteroatoms. The molecular weight excluding hydrogens is 569 g/mol. The summed E-state index contributed by atoms with van der Waals surface area (Å²) >= 11 is 1.19. The summed E-state index contributed by atoms with van der Waals surface area (Å²) in [7, 11) is 3.08. The summed E-state index contributed by atoms with van der Waals surface area (Å²) < 4.78 is 32.3. The molecule has 2 aromatic heterocycles. The van der Waals surface area contributed by atoms with E-state index in [0.29, 0.717) is 60.4 Å². The maximum Gasteiger partial charge on any atom is 0.271 e. The smallest absolute Gasteiger partial charge is 0.271 e. The fraction of sp³-hybridized carbons (Fsp3) is 0.121. The normalized spacial score (nSPS) is 14.7. The van der Waals surface area contributed by atoms with Crippen LogP contribution in [0.2, 0.25) is 0 Å². The van der Waals surface area contributed by atoms with Crippen LogP contribution in [0.15, 0.2) is 110 Å². The highest BCUT2D eigenvalue weighted by Gasteiger charge is 2.34. The number of fused-ring (bicyclic) bond motifs is 1. The molecule has 43 heavy (non-hydrogen) atoms. The Labute approximate surface area is 249 Å². The number of allylic oxidation sites excluding steroid dienone is 1. The Balaban J connectivity index is 1.49. The van der Waals surface area contributed by atoms with Crippen LogP contribution in [0.25, 0.3) is 17.4 Å². The summed E-state index contributed by atoms with van der Waals surface area (Å²) in [4.78, 5) is 33.0. The number of carbonyl (C=O) groups excluding carboxylic acids is 1. The van der Waals surface area contributed by atoms with Crippen molar-refractivity contribution >= 4 is 29.0 Å². The number of hydrogen-bond acceptors (Lipinski definition) is 7. The van der Waals surface area contributed by atoms with Gasteiger partial charge < -0.3 is 19.2 Å². The second-order valence-corrected chi connectivity index (χ2v) is 10.7. The van der Waals surface area contributed by atoms with Crippen LogP contribution in [0, 0.1) is 5.82 Å². The quantitative estimate of drug-likeness (QED) is 0.276. The number of amides is 1. The molecule has 0 unspecified atom stereocenters. The molecule has 0 aliphatic carbocycles. The minimum atomic E-state index is -0.839. The number of anilines is 1. The summed E-state index contributed by atoms with van der Waals surface area (Å²) in [6.45, 7) is 1.75. The van der Waals surface area contributed by atoms with Gasteiger partial charge in [0.05, 0.1) is 30.0 Å². The van der Waals surface area contributed by atoms with Crippen molar-refractivity contribution in [3.05, 3.63) is 133 Å². The van der Waals surface area contributed by atoms with Crippen LogP contribution in [0.4, 0.5) is 10.1 Å². The molecule has 8 nitrogen and oxygen atoms in total. The van der Waals surface area contributed by atoms with Crippen LogP contribution in [0.3, 0.4) is 0 Å². The van der Waals surface area contributed by atoms with E-state index >= 15 is 0 Å². The standard InChI is InChI=1S/C33H26FN3O5S/c1-19-29(31(38)36-22-7-5-4-6-8-22)30(25-15-13-23(40-2)17-27(25)41-3)37-32(39)28(43-33(37)35-19)18-24-14-16-26(42-24)20-9-11-21(34)12-10-20/h4-18,30H,1-3H3,(H,36,38)/b28-18-/t30-/m0/s1. The van der Waals surface area contributed by atoms with Crippen LogP contribution in [-0.4, -0.2) is 24.7 Å². The highest BCUT2D eigenvalue weighted by Crippen LogP contribution is 2.37. The largest absolute Gasteiger partial charge is 0.497 e. The number of aromatic nitrogens is 1. The zero-order chi connectivity index (χ0) is 30.1. The number of halogens is 1. The molecule has 0 radical (unpaired) electrons. The average Bonchev–Trinajstić information content (AvgIpc) is 3.61. The first kappa shape index (κ1) is 27.9. The molecule has 0 bridgehead atoms. The number of rotatable bonds is 7. The average molecular weight is 596 g/mol. The van der Waals surface area contributed by atoms with Gasteiger partial charge in [-0.1, -0.05) is 29.5 Å². The number of nitrogens with one attached hydrogen (secondary N) is 1. The van der Waals surface area contributed by atoms with Crippen molar-refractivity contribution in [2.75, 3.05) is 19.5 Å². The second-order valence-electron chi connectivity index (χ2n) is 9.72.